The molecule has 3 heterocycles. The first kappa shape index (κ1) is 21.4. The Morgan fingerprint density at radius 2 is 2.08 bits per heavy atom. The Bertz CT molecular complexity index is 583. The van der Waals surface area contributed by atoms with Gasteiger partial charge in [-0.15, -0.1) is 34.2 Å². The van der Waals surface area contributed by atoms with E-state index < -0.39 is 0 Å². The standard InChI is InChI=1S/C19H34N6.HI/c1-4-20-19(24-11-9-16(14-24)12-15(2)3)21-13-18-23-22-17-8-6-5-7-10-25(17)18;/h15-16H,4-14H2,1-3H3,(H,20,21);1H. The third-order valence-electron chi connectivity index (χ3n) is 5.28. The zero-order valence-electron chi connectivity index (χ0n) is 16.6. The van der Waals surface area contributed by atoms with E-state index in [-0.39, 0.29) is 24.0 Å². The minimum Gasteiger partial charge on any atom is -0.357 e. The van der Waals surface area contributed by atoms with Crippen molar-refractivity contribution in [1.29, 1.82) is 0 Å². The van der Waals surface area contributed by atoms with Crippen LogP contribution in [0.4, 0.5) is 0 Å². The molecule has 0 aromatic carbocycles. The molecule has 0 bridgehead atoms. The molecule has 2 aliphatic heterocycles. The summed E-state index contributed by atoms with van der Waals surface area (Å²) in [6.07, 6.45) is 7.40. The first-order valence-corrected chi connectivity index (χ1v) is 10.1. The number of hydrogen-bond acceptors (Lipinski definition) is 3. The second kappa shape index (κ2) is 10.5. The van der Waals surface area contributed by atoms with E-state index in [4.69, 9.17) is 4.99 Å². The van der Waals surface area contributed by atoms with Gasteiger partial charge < -0.3 is 14.8 Å². The van der Waals surface area contributed by atoms with Crippen LogP contribution in [-0.2, 0) is 19.5 Å². The predicted molar refractivity (Wildman–Crippen MR) is 117 cm³/mol. The summed E-state index contributed by atoms with van der Waals surface area (Å²) < 4.78 is 2.30. The molecule has 6 nitrogen and oxygen atoms in total. The average molecular weight is 474 g/mol. The van der Waals surface area contributed by atoms with E-state index in [1.165, 1.54) is 32.1 Å². The lowest BCUT2D eigenvalue weighted by Gasteiger charge is -2.22. The number of aryl methyl sites for hydroxylation is 1. The summed E-state index contributed by atoms with van der Waals surface area (Å²) in [7, 11) is 0. The van der Waals surface area contributed by atoms with Gasteiger partial charge in [0.15, 0.2) is 11.8 Å². The van der Waals surface area contributed by atoms with Crippen LogP contribution >= 0.6 is 24.0 Å². The number of nitrogens with one attached hydrogen (secondary N) is 1. The molecule has 26 heavy (non-hydrogen) atoms. The number of likely N-dealkylation sites (tertiary alicyclic amines) is 1. The van der Waals surface area contributed by atoms with Crippen LogP contribution < -0.4 is 5.32 Å². The molecule has 3 rings (SSSR count). The zero-order chi connectivity index (χ0) is 17.6. The molecule has 1 unspecified atom stereocenters. The van der Waals surface area contributed by atoms with E-state index in [9.17, 15) is 0 Å². The van der Waals surface area contributed by atoms with Crippen LogP contribution in [0.3, 0.4) is 0 Å². The lowest BCUT2D eigenvalue weighted by molar-refractivity contribution is 0.403. The molecular weight excluding hydrogens is 439 g/mol. The SMILES string of the molecule is CCNC(=NCc1nnc2n1CCCCC2)N1CCC(CC(C)C)C1.I. The summed E-state index contributed by atoms with van der Waals surface area (Å²) in [5.41, 5.74) is 0. The van der Waals surface area contributed by atoms with Crippen molar-refractivity contribution < 1.29 is 0 Å². The molecule has 0 spiro atoms. The highest BCUT2D eigenvalue weighted by atomic mass is 127. The van der Waals surface area contributed by atoms with E-state index in [0.29, 0.717) is 6.54 Å². The van der Waals surface area contributed by atoms with E-state index >= 15 is 0 Å². The summed E-state index contributed by atoms with van der Waals surface area (Å²) in [6.45, 7) is 11.6. The van der Waals surface area contributed by atoms with Crippen LogP contribution in [-0.4, -0.2) is 45.3 Å². The van der Waals surface area contributed by atoms with E-state index in [1.807, 2.05) is 0 Å². The Balaban J connectivity index is 0.00000243. The number of guanidine groups is 1. The fourth-order valence-electron chi connectivity index (χ4n) is 4.12. The Morgan fingerprint density at radius 1 is 1.23 bits per heavy atom. The predicted octanol–water partition coefficient (Wildman–Crippen LogP) is 3.46. The Hall–Kier alpha value is -0.860. The van der Waals surface area contributed by atoms with Crippen LogP contribution in [0.1, 0.15) is 64.5 Å². The number of aliphatic imine (C=N–C) groups is 1. The second-order valence-corrected chi connectivity index (χ2v) is 7.90. The van der Waals surface area contributed by atoms with E-state index in [1.54, 1.807) is 0 Å². The maximum atomic E-state index is 4.90. The topological polar surface area (TPSA) is 58.3 Å². The third-order valence-corrected chi connectivity index (χ3v) is 5.28. The van der Waals surface area contributed by atoms with Crippen LogP contribution in [0.15, 0.2) is 4.99 Å². The fraction of sp³-hybridized carbons (Fsp3) is 0.842. The third kappa shape index (κ3) is 5.57. The van der Waals surface area contributed by atoms with Gasteiger partial charge in [0.25, 0.3) is 0 Å². The van der Waals surface area contributed by atoms with Crippen molar-refractivity contribution >= 4 is 29.9 Å². The highest BCUT2D eigenvalue weighted by molar-refractivity contribution is 14.0. The molecule has 2 aliphatic rings. The molecule has 0 amide bonds. The number of hydrogen-bond donors (Lipinski definition) is 1. The van der Waals surface area contributed by atoms with Crippen molar-refractivity contribution in [2.24, 2.45) is 16.8 Å². The highest BCUT2D eigenvalue weighted by Gasteiger charge is 2.25. The number of rotatable bonds is 5. The van der Waals surface area contributed by atoms with Crippen LogP contribution in [0.2, 0.25) is 0 Å². The molecule has 7 heteroatoms. The van der Waals surface area contributed by atoms with Crippen molar-refractivity contribution in [2.45, 2.75) is 72.4 Å². The summed E-state index contributed by atoms with van der Waals surface area (Å²) in [5.74, 6) is 4.78. The largest absolute Gasteiger partial charge is 0.357 e. The zero-order valence-corrected chi connectivity index (χ0v) is 18.9. The van der Waals surface area contributed by atoms with Gasteiger partial charge in [-0.1, -0.05) is 20.3 Å². The van der Waals surface area contributed by atoms with Crippen LogP contribution in [0.25, 0.3) is 0 Å². The van der Waals surface area contributed by atoms with Gasteiger partial charge in [-0.3, -0.25) is 0 Å². The van der Waals surface area contributed by atoms with Gasteiger partial charge in [0.2, 0.25) is 0 Å². The normalized spacial score (nSPS) is 20.7. The van der Waals surface area contributed by atoms with Gasteiger partial charge >= 0.3 is 0 Å². The quantitative estimate of drug-likeness (QED) is 0.404. The molecule has 1 aromatic rings. The van der Waals surface area contributed by atoms with E-state index in [2.05, 4.69) is 45.8 Å². The van der Waals surface area contributed by atoms with Gasteiger partial charge in [-0.25, -0.2) is 4.99 Å². The van der Waals surface area contributed by atoms with Gasteiger partial charge in [0.05, 0.1) is 0 Å². The maximum absolute atomic E-state index is 4.90. The summed E-state index contributed by atoms with van der Waals surface area (Å²) >= 11 is 0. The number of nitrogens with zero attached hydrogens (tertiary/aromatic N) is 5. The van der Waals surface area contributed by atoms with Gasteiger partial charge in [-0.05, 0) is 44.4 Å². The first-order chi connectivity index (χ1) is 12.2. The van der Waals surface area contributed by atoms with Crippen molar-refractivity contribution in [1.82, 2.24) is 25.0 Å². The van der Waals surface area contributed by atoms with Crippen LogP contribution in [0, 0.1) is 11.8 Å². The minimum atomic E-state index is 0. The minimum absolute atomic E-state index is 0. The molecule has 1 aromatic heterocycles. The van der Waals surface area contributed by atoms with Gasteiger partial charge in [-0.2, -0.15) is 0 Å². The van der Waals surface area contributed by atoms with Gasteiger partial charge in [0.1, 0.15) is 12.4 Å². The van der Waals surface area contributed by atoms with Gasteiger partial charge in [0, 0.05) is 32.6 Å². The molecular formula is C19H35IN6. The summed E-state index contributed by atoms with van der Waals surface area (Å²) in [5, 5.41) is 12.3. The molecule has 1 atom stereocenters. The monoisotopic (exact) mass is 474 g/mol. The average Bonchev–Trinajstić information content (AvgIpc) is 3.11. The van der Waals surface area contributed by atoms with Crippen LogP contribution in [0.5, 0.6) is 0 Å². The van der Waals surface area contributed by atoms with Crippen molar-refractivity contribution in [3.05, 3.63) is 11.6 Å². The lowest BCUT2D eigenvalue weighted by atomic mass is 9.97. The molecule has 0 radical (unpaired) electrons. The number of aromatic nitrogens is 3. The summed E-state index contributed by atoms with van der Waals surface area (Å²) in [6, 6.07) is 0. The summed E-state index contributed by atoms with van der Waals surface area (Å²) in [4.78, 5) is 7.33. The number of fused-ring (bicyclic) bond motifs is 1. The Kier molecular flexibility index (Phi) is 8.63. The smallest absolute Gasteiger partial charge is 0.194 e. The first-order valence-electron chi connectivity index (χ1n) is 10.1. The Labute approximate surface area is 175 Å². The molecule has 148 valence electrons. The fourth-order valence-corrected chi connectivity index (χ4v) is 4.12. The maximum Gasteiger partial charge on any atom is 0.194 e. The molecule has 0 saturated carbocycles. The van der Waals surface area contributed by atoms with E-state index in [0.717, 1.165) is 62.0 Å². The number of halogens is 1. The molecule has 1 fully saturated rings. The molecule has 0 aliphatic carbocycles. The second-order valence-electron chi connectivity index (χ2n) is 7.90. The molecule has 1 N–H and O–H groups in total. The van der Waals surface area contributed by atoms with Crippen molar-refractivity contribution in [3.8, 4) is 0 Å². The molecule has 1 saturated heterocycles. The Morgan fingerprint density at radius 3 is 2.85 bits per heavy atom. The highest BCUT2D eigenvalue weighted by Crippen LogP contribution is 2.23. The lowest BCUT2D eigenvalue weighted by Crippen LogP contribution is -2.40. The van der Waals surface area contributed by atoms with Crippen molar-refractivity contribution in [2.75, 3.05) is 19.6 Å². The van der Waals surface area contributed by atoms with Crippen molar-refractivity contribution in [3.63, 3.8) is 0 Å².